The molecule has 2 unspecified atom stereocenters. The molecule has 1 saturated carbocycles. The van der Waals surface area contributed by atoms with Crippen molar-refractivity contribution in [1.82, 2.24) is 5.32 Å². The molecule has 0 aromatic carbocycles. The van der Waals surface area contributed by atoms with Crippen molar-refractivity contribution in [3.8, 4) is 0 Å². The third-order valence-corrected chi connectivity index (χ3v) is 3.08. The van der Waals surface area contributed by atoms with Gasteiger partial charge in [0.1, 0.15) is 0 Å². The van der Waals surface area contributed by atoms with Crippen LogP contribution in [-0.2, 0) is 4.79 Å². The van der Waals surface area contributed by atoms with Crippen LogP contribution in [0.5, 0.6) is 0 Å². The largest absolute Gasteiger partial charge is 0.391 e. The molecule has 1 rings (SSSR count). The maximum Gasteiger partial charge on any atom is 0.237 e. The van der Waals surface area contributed by atoms with E-state index < -0.39 is 12.1 Å². The van der Waals surface area contributed by atoms with E-state index in [1.54, 1.807) is 0 Å². The highest BCUT2D eigenvalue weighted by molar-refractivity contribution is 5.82. The van der Waals surface area contributed by atoms with Crippen molar-refractivity contribution < 1.29 is 9.90 Å². The Morgan fingerprint density at radius 1 is 1.40 bits per heavy atom. The predicted molar refractivity (Wildman–Crippen MR) is 59.2 cm³/mol. The van der Waals surface area contributed by atoms with Gasteiger partial charge in [-0.15, -0.1) is 0 Å². The zero-order chi connectivity index (χ0) is 11.4. The molecule has 1 fully saturated rings. The molecule has 4 heteroatoms. The van der Waals surface area contributed by atoms with Gasteiger partial charge in [0.05, 0.1) is 18.2 Å². The highest BCUT2D eigenvalue weighted by Gasteiger charge is 2.27. The van der Waals surface area contributed by atoms with Crippen LogP contribution < -0.4 is 11.1 Å². The number of carbonyl (C=O) groups excluding carboxylic acids is 1. The van der Waals surface area contributed by atoms with Crippen LogP contribution >= 0.6 is 0 Å². The summed E-state index contributed by atoms with van der Waals surface area (Å²) in [7, 11) is 0. The van der Waals surface area contributed by atoms with Gasteiger partial charge in [-0.25, -0.2) is 0 Å². The molecular weight excluding hydrogens is 192 g/mol. The average molecular weight is 214 g/mol. The quantitative estimate of drug-likeness (QED) is 0.636. The highest BCUT2D eigenvalue weighted by Crippen LogP contribution is 2.18. The number of aliphatic hydroxyl groups is 1. The van der Waals surface area contributed by atoms with E-state index >= 15 is 0 Å². The monoisotopic (exact) mass is 214 g/mol. The van der Waals surface area contributed by atoms with E-state index in [0.29, 0.717) is 0 Å². The van der Waals surface area contributed by atoms with Gasteiger partial charge in [0.2, 0.25) is 5.91 Å². The smallest absolute Gasteiger partial charge is 0.237 e. The van der Waals surface area contributed by atoms with Crippen LogP contribution in [-0.4, -0.2) is 29.2 Å². The molecule has 15 heavy (non-hydrogen) atoms. The molecule has 0 aromatic heterocycles. The Balaban J connectivity index is 2.42. The summed E-state index contributed by atoms with van der Waals surface area (Å²) in [6.07, 6.45) is 3.35. The molecule has 3 atom stereocenters. The lowest BCUT2D eigenvalue weighted by Gasteiger charge is -2.29. The minimum absolute atomic E-state index is 0.101. The second-order valence-corrected chi connectivity index (χ2v) is 4.74. The Labute approximate surface area is 91.2 Å². The summed E-state index contributed by atoms with van der Waals surface area (Å²) in [6.45, 7) is 3.84. The minimum atomic E-state index is -0.473. The van der Waals surface area contributed by atoms with Crippen LogP contribution in [0.25, 0.3) is 0 Å². The fraction of sp³-hybridized carbons (Fsp3) is 0.909. The van der Waals surface area contributed by atoms with Crippen molar-refractivity contribution in [1.29, 1.82) is 0 Å². The number of nitrogens with one attached hydrogen (secondary N) is 1. The third kappa shape index (κ3) is 3.47. The molecule has 0 saturated heterocycles. The predicted octanol–water partition coefficient (Wildman–Crippen LogP) is 0.389. The Bertz CT molecular complexity index is 219. The molecule has 4 nitrogen and oxygen atoms in total. The van der Waals surface area contributed by atoms with E-state index in [2.05, 4.69) is 5.32 Å². The maximum atomic E-state index is 11.7. The third-order valence-electron chi connectivity index (χ3n) is 3.08. The Hall–Kier alpha value is -0.610. The summed E-state index contributed by atoms with van der Waals surface area (Å²) in [6, 6.07) is -0.574. The molecule has 0 aromatic rings. The number of hydrogen-bond acceptors (Lipinski definition) is 3. The summed E-state index contributed by atoms with van der Waals surface area (Å²) in [5.74, 6) is -0.0123. The number of nitrogens with two attached hydrogens (primary N) is 1. The number of rotatable bonds is 3. The Morgan fingerprint density at radius 3 is 2.53 bits per heavy atom. The van der Waals surface area contributed by atoms with E-state index in [4.69, 9.17) is 5.73 Å². The fourth-order valence-electron chi connectivity index (χ4n) is 1.86. The van der Waals surface area contributed by atoms with Gasteiger partial charge in [-0.3, -0.25) is 4.79 Å². The second-order valence-electron chi connectivity index (χ2n) is 4.74. The average Bonchev–Trinajstić information content (AvgIpc) is 2.20. The van der Waals surface area contributed by atoms with Crippen molar-refractivity contribution in [3.63, 3.8) is 0 Å². The molecule has 4 N–H and O–H groups in total. The maximum absolute atomic E-state index is 11.7. The molecule has 0 radical (unpaired) electrons. The van der Waals surface area contributed by atoms with Gasteiger partial charge in [-0.2, -0.15) is 0 Å². The fourth-order valence-corrected chi connectivity index (χ4v) is 1.86. The molecule has 1 aliphatic carbocycles. The summed E-state index contributed by atoms with van der Waals surface area (Å²) < 4.78 is 0. The molecule has 88 valence electrons. The first-order valence-electron chi connectivity index (χ1n) is 5.76. The molecule has 1 amide bonds. The van der Waals surface area contributed by atoms with Gasteiger partial charge in [0, 0.05) is 0 Å². The molecule has 0 spiro atoms. The summed E-state index contributed by atoms with van der Waals surface area (Å²) in [4.78, 5) is 11.7. The van der Waals surface area contributed by atoms with Crippen LogP contribution in [0, 0.1) is 5.92 Å². The second kappa shape index (κ2) is 5.47. The van der Waals surface area contributed by atoms with Crippen molar-refractivity contribution >= 4 is 5.91 Å². The van der Waals surface area contributed by atoms with Gasteiger partial charge in [-0.05, 0) is 18.8 Å². The lowest BCUT2D eigenvalue weighted by Crippen LogP contribution is -2.52. The molecular formula is C11H22N2O2. The van der Waals surface area contributed by atoms with Gasteiger partial charge >= 0.3 is 0 Å². The molecule has 0 bridgehead atoms. The highest BCUT2D eigenvalue weighted by atomic mass is 16.3. The lowest BCUT2D eigenvalue weighted by atomic mass is 9.92. The van der Waals surface area contributed by atoms with E-state index in [9.17, 15) is 9.90 Å². The normalized spacial score (nSPS) is 28.9. The van der Waals surface area contributed by atoms with E-state index in [1.165, 1.54) is 0 Å². The van der Waals surface area contributed by atoms with Crippen LogP contribution in [0.4, 0.5) is 0 Å². The van der Waals surface area contributed by atoms with Crippen LogP contribution in [0.15, 0.2) is 0 Å². The molecule has 1 aliphatic rings. The Kier molecular flexibility index (Phi) is 4.54. The van der Waals surface area contributed by atoms with Crippen molar-refractivity contribution in [2.45, 2.75) is 57.7 Å². The first-order valence-corrected chi connectivity index (χ1v) is 5.76. The Morgan fingerprint density at radius 2 is 2.00 bits per heavy atom. The van der Waals surface area contributed by atoms with Crippen molar-refractivity contribution in [2.24, 2.45) is 11.7 Å². The first-order chi connectivity index (χ1) is 7.02. The number of carbonyl (C=O) groups is 1. The van der Waals surface area contributed by atoms with Crippen LogP contribution in [0.3, 0.4) is 0 Å². The summed E-state index contributed by atoms with van der Waals surface area (Å²) >= 11 is 0. The topological polar surface area (TPSA) is 75.4 Å². The van der Waals surface area contributed by atoms with Crippen LogP contribution in [0.2, 0.25) is 0 Å². The van der Waals surface area contributed by atoms with Gasteiger partial charge in [0.25, 0.3) is 0 Å². The van der Waals surface area contributed by atoms with Crippen molar-refractivity contribution in [2.75, 3.05) is 0 Å². The zero-order valence-corrected chi connectivity index (χ0v) is 9.57. The van der Waals surface area contributed by atoms with E-state index in [1.807, 2.05) is 13.8 Å². The van der Waals surface area contributed by atoms with Gasteiger partial charge in [-0.1, -0.05) is 26.7 Å². The number of amides is 1. The number of hydrogen-bond donors (Lipinski definition) is 3. The van der Waals surface area contributed by atoms with Gasteiger partial charge < -0.3 is 16.2 Å². The number of aliphatic hydroxyl groups excluding tert-OH is 1. The summed E-state index contributed by atoms with van der Waals surface area (Å²) in [5, 5.41) is 12.5. The first kappa shape index (κ1) is 12.5. The standard InChI is InChI=1S/C11H22N2O2/c1-7(2)10(12)11(15)13-8-5-3-4-6-9(8)14/h7-10,14H,3-6,12H2,1-2H3,(H,13,15)/t8?,9?,10-/m0/s1. The SMILES string of the molecule is CC(C)[C@H](N)C(=O)NC1CCCCC1O. The molecule has 0 heterocycles. The molecule has 0 aliphatic heterocycles. The van der Waals surface area contributed by atoms with E-state index in [-0.39, 0.29) is 17.9 Å². The zero-order valence-electron chi connectivity index (χ0n) is 9.57. The minimum Gasteiger partial charge on any atom is -0.391 e. The summed E-state index contributed by atoms with van der Waals surface area (Å²) in [5.41, 5.74) is 5.73. The van der Waals surface area contributed by atoms with E-state index in [0.717, 1.165) is 25.7 Å². The lowest BCUT2D eigenvalue weighted by molar-refractivity contribution is -0.125. The van der Waals surface area contributed by atoms with Crippen molar-refractivity contribution in [3.05, 3.63) is 0 Å². The van der Waals surface area contributed by atoms with Gasteiger partial charge in [0.15, 0.2) is 0 Å². The van der Waals surface area contributed by atoms with Crippen LogP contribution in [0.1, 0.15) is 39.5 Å².